The van der Waals surface area contributed by atoms with E-state index in [0.29, 0.717) is 11.0 Å². The van der Waals surface area contributed by atoms with E-state index in [9.17, 15) is 13.2 Å². The molecule has 2 rings (SSSR count). The maximum atomic E-state index is 12.5. The average molecular weight is 259 g/mol. The van der Waals surface area contributed by atoms with Crippen LogP contribution < -0.4 is 5.73 Å². The zero-order valence-electron chi connectivity index (χ0n) is 9.35. The monoisotopic (exact) mass is 259 g/mol. The lowest BCUT2D eigenvalue weighted by Crippen LogP contribution is -2.25. The van der Waals surface area contributed by atoms with Crippen LogP contribution in [0.25, 0.3) is 11.0 Å². The van der Waals surface area contributed by atoms with Gasteiger partial charge in [-0.1, -0.05) is 12.1 Å². The molecular weight excluding hydrogens is 247 g/mol. The molecule has 7 heteroatoms. The van der Waals surface area contributed by atoms with E-state index in [1.54, 1.807) is 24.3 Å². The van der Waals surface area contributed by atoms with Gasteiger partial charge in [0, 0.05) is 0 Å². The van der Waals surface area contributed by atoms with Crippen molar-refractivity contribution in [1.29, 1.82) is 0 Å². The van der Waals surface area contributed by atoms with Gasteiger partial charge in [-0.05, 0) is 12.1 Å². The Morgan fingerprint density at radius 1 is 1.33 bits per heavy atom. The van der Waals surface area contributed by atoms with Crippen LogP contribution in [-0.2, 0) is 6.54 Å². The molecule has 4 nitrogen and oxygen atoms in total. The summed E-state index contributed by atoms with van der Waals surface area (Å²) in [4.78, 5) is 4.05. The van der Waals surface area contributed by atoms with E-state index in [2.05, 4.69) is 4.98 Å². The van der Waals surface area contributed by atoms with E-state index in [4.69, 9.17) is 10.8 Å². The Hall–Kier alpha value is -1.60. The summed E-state index contributed by atoms with van der Waals surface area (Å²) in [5, 5.41) is 8.98. The average Bonchev–Trinajstić information content (AvgIpc) is 2.65. The smallest absolute Gasteiger partial charge is 0.394 e. The van der Waals surface area contributed by atoms with Gasteiger partial charge in [-0.2, -0.15) is 13.2 Å². The fourth-order valence-electron chi connectivity index (χ4n) is 1.80. The third-order valence-corrected chi connectivity index (χ3v) is 2.55. The van der Waals surface area contributed by atoms with Crippen LogP contribution in [0.3, 0.4) is 0 Å². The van der Waals surface area contributed by atoms with E-state index in [-0.39, 0.29) is 5.82 Å². The van der Waals surface area contributed by atoms with Crippen LogP contribution in [0.1, 0.15) is 11.9 Å². The molecule has 1 aromatic carbocycles. The third kappa shape index (κ3) is 2.46. The van der Waals surface area contributed by atoms with Crippen molar-refractivity contribution in [2.24, 2.45) is 5.73 Å². The Kier molecular flexibility index (Phi) is 3.27. The summed E-state index contributed by atoms with van der Waals surface area (Å²) >= 11 is 0. The van der Waals surface area contributed by atoms with Gasteiger partial charge in [-0.15, -0.1) is 0 Å². The molecule has 1 unspecified atom stereocenters. The fourth-order valence-corrected chi connectivity index (χ4v) is 1.80. The molecule has 0 aliphatic heterocycles. The van der Waals surface area contributed by atoms with E-state index < -0.39 is 25.4 Å². The Bertz CT molecular complexity index is 550. The first-order valence-corrected chi connectivity index (χ1v) is 5.30. The molecule has 18 heavy (non-hydrogen) atoms. The van der Waals surface area contributed by atoms with Crippen molar-refractivity contribution < 1.29 is 18.3 Å². The highest BCUT2D eigenvalue weighted by Crippen LogP contribution is 2.25. The van der Waals surface area contributed by atoms with E-state index in [1.165, 1.54) is 0 Å². The van der Waals surface area contributed by atoms with Gasteiger partial charge in [0.2, 0.25) is 0 Å². The number of benzene rings is 1. The molecule has 2 aromatic rings. The highest BCUT2D eigenvalue weighted by molar-refractivity contribution is 5.76. The summed E-state index contributed by atoms with van der Waals surface area (Å²) in [5.41, 5.74) is 6.36. The predicted octanol–water partition coefficient (Wildman–Crippen LogP) is 1.59. The number of para-hydroxylation sites is 2. The standard InChI is InChI=1S/C11H12F3N3O/c12-11(13,14)6-17-9-4-2-1-3-8(9)16-10(17)7(15)5-18/h1-4,7,18H,5-6,15H2. The van der Waals surface area contributed by atoms with Crippen molar-refractivity contribution in [1.82, 2.24) is 9.55 Å². The minimum absolute atomic E-state index is 0.0380. The van der Waals surface area contributed by atoms with Gasteiger partial charge in [0.05, 0.1) is 23.7 Å². The van der Waals surface area contributed by atoms with Gasteiger partial charge >= 0.3 is 6.18 Å². The lowest BCUT2D eigenvalue weighted by molar-refractivity contribution is -0.140. The number of rotatable bonds is 3. The van der Waals surface area contributed by atoms with E-state index >= 15 is 0 Å². The SMILES string of the molecule is NC(CO)c1nc2ccccc2n1CC(F)(F)F. The number of aromatic nitrogens is 2. The van der Waals surface area contributed by atoms with Crippen molar-refractivity contribution >= 4 is 11.0 Å². The van der Waals surface area contributed by atoms with Crippen LogP contribution in [0.15, 0.2) is 24.3 Å². The van der Waals surface area contributed by atoms with E-state index in [0.717, 1.165) is 4.57 Å². The highest BCUT2D eigenvalue weighted by Gasteiger charge is 2.31. The van der Waals surface area contributed by atoms with Crippen LogP contribution in [0.4, 0.5) is 13.2 Å². The minimum atomic E-state index is -4.37. The highest BCUT2D eigenvalue weighted by atomic mass is 19.4. The molecule has 0 amide bonds. The number of hydrogen-bond donors (Lipinski definition) is 2. The summed E-state index contributed by atoms with van der Waals surface area (Å²) in [6, 6.07) is 5.53. The zero-order valence-corrected chi connectivity index (χ0v) is 9.35. The third-order valence-electron chi connectivity index (χ3n) is 2.55. The van der Waals surface area contributed by atoms with Crippen molar-refractivity contribution in [3.63, 3.8) is 0 Å². The zero-order chi connectivity index (χ0) is 13.3. The van der Waals surface area contributed by atoms with Crippen LogP contribution in [-0.4, -0.2) is 27.4 Å². The summed E-state index contributed by atoms with van der Waals surface area (Å²) in [5.74, 6) is 0.0380. The predicted molar refractivity (Wildman–Crippen MR) is 59.8 cm³/mol. The van der Waals surface area contributed by atoms with Crippen LogP contribution >= 0.6 is 0 Å². The van der Waals surface area contributed by atoms with Gasteiger partial charge < -0.3 is 15.4 Å². The van der Waals surface area contributed by atoms with Crippen molar-refractivity contribution in [2.45, 2.75) is 18.8 Å². The topological polar surface area (TPSA) is 64.1 Å². The van der Waals surface area contributed by atoms with Crippen LogP contribution in [0, 0.1) is 0 Å². The van der Waals surface area contributed by atoms with Gasteiger partial charge in [0.15, 0.2) is 0 Å². The fraction of sp³-hybridized carbons (Fsp3) is 0.364. The number of aliphatic hydroxyl groups is 1. The Morgan fingerprint density at radius 3 is 2.61 bits per heavy atom. The number of aliphatic hydroxyl groups excluding tert-OH is 1. The molecular formula is C11H12F3N3O. The molecule has 1 aromatic heterocycles. The summed E-state index contributed by atoms with van der Waals surface area (Å²) in [6.07, 6.45) is -4.37. The van der Waals surface area contributed by atoms with Crippen LogP contribution in [0.2, 0.25) is 0 Å². The van der Waals surface area contributed by atoms with Crippen LogP contribution in [0.5, 0.6) is 0 Å². The lowest BCUT2D eigenvalue weighted by Gasteiger charge is -2.14. The van der Waals surface area contributed by atoms with Crippen molar-refractivity contribution in [2.75, 3.05) is 6.61 Å². The summed E-state index contributed by atoms with van der Waals surface area (Å²) in [6.45, 7) is -1.63. The Morgan fingerprint density at radius 2 is 2.00 bits per heavy atom. The molecule has 0 radical (unpaired) electrons. The number of halogens is 3. The first-order chi connectivity index (χ1) is 8.42. The van der Waals surface area contributed by atoms with Crippen molar-refractivity contribution in [3.8, 4) is 0 Å². The van der Waals surface area contributed by atoms with Gasteiger partial charge in [-0.25, -0.2) is 4.98 Å². The molecule has 0 aliphatic carbocycles. The van der Waals surface area contributed by atoms with Gasteiger partial charge in [0.1, 0.15) is 12.4 Å². The molecule has 0 saturated carbocycles. The van der Waals surface area contributed by atoms with Gasteiger partial charge in [-0.3, -0.25) is 0 Å². The lowest BCUT2D eigenvalue weighted by atomic mass is 10.3. The maximum absolute atomic E-state index is 12.5. The molecule has 0 bridgehead atoms. The molecule has 0 saturated heterocycles. The second-order valence-corrected chi connectivity index (χ2v) is 3.95. The maximum Gasteiger partial charge on any atom is 0.406 e. The molecule has 3 N–H and O–H groups in total. The molecule has 1 heterocycles. The molecule has 0 aliphatic rings. The first kappa shape index (κ1) is 12.8. The van der Waals surface area contributed by atoms with Crippen molar-refractivity contribution in [3.05, 3.63) is 30.1 Å². The van der Waals surface area contributed by atoms with Gasteiger partial charge in [0.25, 0.3) is 0 Å². The summed E-state index contributed by atoms with van der Waals surface area (Å²) in [7, 11) is 0. The number of alkyl halides is 3. The second kappa shape index (κ2) is 4.58. The molecule has 0 fully saturated rings. The Labute approximate surface area is 101 Å². The Balaban J connectivity index is 2.58. The molecule has 98 valence electrons. The minimum Gasteiger partial charge on any atom is -0.394 e. The molecule has 1 atom stereocenters. The number of nitrogens with two attached hydrogens (primary N) is 1. The number of imidazole rings is 1. The normalized spacial score (nSPS) is 14.1. The second-order valence-electron chi connectivity index (χ2n) is 3.95. The number of hydrogen-bond acceptors (Lipinski definition) is 3. The number of fused-ring (bicyclic) bond motifs is 1. The number of nitrogens with zero attached hydrogens (tertiary/aromatic N) is 2. The first-order valence-electron chi connectivity index (χ1n) is 5.30. The quantitative estimate of drug-likeness (QED) is 0.879. The summed E-state index contributed by atoms with van der Waals surface area (Å²) < 4.78 is 38.6. The van der Waals surface area contributed by atoms with E-state index in [1.807, 2.05) is 0 Å². The largest absolute Gasteiger partial charge is 0.406 e. The molecule has 0 spiro atoms.